The standard InChI is InChI=1S/C15H13BrN2O2/c1-15(19,20)10-5-6-14-13(7-10)17-9-18(14)12-4-2-3-11(16)8-12/h2-9,19-20H,1H3. The summed E-state index contributed by atoms with van der Waals surface area (Å²) < 4.78 is 2.95. The molecule has 0 saturated carbocycles. The molecule has 0 fully saturated rings. The van der Waals surface area contributed by atoms with Crippen LogP contribution in [0, 0.1) is 0 Å². The summed E-state index contributed by atoms with van der Waals surface area (Å²) >= 11 is 3.45. The molecule has 1 heterocycles. The van der Waals surface area contributed by atoms with Crippen LogP contribution >= 0.6 is 15.9 Å². The number of fused-ring (bicyclic) bond motifs is 1. The second kappa shape index (κ2) is 4.70. The SMILES string of the molecule is CC(O)(O)c1ccc2c(c1)ncn2-c1cccc(Br)c1. The van der Waals surface area contributed by atoms with Gasteiger partial charge in [0, 0.05) is 15.7 Å². The Balaban J connectivity index is 2.15. The fourth-order valence-corrected chi connectivity index (χ4v) is 2.53. The highest BCUT2D eigenvalue weighted by Gasteiger charge is 2.19. The molecule has 102 valence electrons. The van der Waals surface area contributed by atoms with E-state index in [0.29, 0.717) is 5.56 Å². The van der Waals surface area contributed by atoms with Gasteiger partial charge in [0.05, 0.1) is 11.0 Å². The normalized spacial score (nSPS) is 12.0. The van der Waals surface area contributed by atoms with Gasteiger partial charge in [-0.05, 0) is 37.3 Å². The molecule has 0 spiro atoms. The number of nitrogens with zero attached hydrogens (tertiary/aromatic N) is 2. The van der Waals surface area contributed by atoms with Gasteiger partial charge < -0.3 is 10.2 Å². The Bertz CT molecular complexity index is 775. The van der Waals surface area contributed by atoms with E-state index < -0.39 is 5.79 Å². The number of rotatable bonds is 2. The molecule has 1 aromatic heterocycles. The minimum atomic E-state index is -1.85. The average Bonchev–Trinajstić information content (AvgIpc) is 2.80. The molecular weight excluding hydrogens is 320 g/mol. The summed E-state index contributed by atoms with van der Waals surface area (Å²) in [6.45, 7) is 1.33. The van der Waals surface area contributed by atoms with Crippen LogP contribution in [-0.2, 0) is 5.79 Å². The lowest BCUT2D eigenvalue weighted by atomic mass is 10.1. The Kier molecular flexibility index (Phi) is 3.12. The average molecular weight is 333 g/mol. The van der Waals surface area contributed by atoms with E-state index in [2.05, 4.69) is 20.9 Å². The molecule has 0 unspecified atom stereocenters. The maximum absolute atomic E-state index is 9.62. The number of benzene rings is 2. The van der Waals surface area contributed by atoms with E-state index in [-0.39, 0.29) is 0 Å². The fourth-order valence-electron chi connectivity index (χ4n) is 2.14. The van der Waals surface area contributed by atoms with Crippen LogP contribution in [0.1, 0.15) is 12.5 Å². The van der Waals surface area contributed by atoms with Crippen molar-refractivity contribution in [3.63, 3.8) is 0 Å². The number of aromatic nitrogens is 2. The van der Waals surface area contributed by atoms with Gasteiger partial charge in [0.15, 0.2) is 5.79 Å². The lowest BCUT2D eigenvalue weighted by molar-refractivity contribution is -0.152. The first kappa shape index (κ1) is 13.3. The lowest BCUT2D eigenvalue weighted by Crippen LogP contribution is -2.19. The summed E-state index contributed by atoms with van der Waals surface area (Å²) in [6.07, 6.45) is 1.72. The highest BCUT2D eigenvalue weighted by molar-refractivity contribution is 9.10. The topological polar surface area (TPSA) is 58.3 Å². The molecule has 20 heavy (non-hydrogen) atoms. The van der Waals surface area contributed by atoms with Crippen LogP contribution in [0.15, 0.2) is 53.3 Å². The summed E-state index contributed by atoms with van der Waals surface area (Å²) in [5.41, 5.74) is 3.04. The van der Waals surface area contributed by atoms with Crippen molar-refractivity contribution in [1.82, 2.24) is 9.55 Å². The number of halogens is 1. The summed E-state index contributed by atoms with van der Waals surface area (Å²) in [6, 6.07) is 13.1. The maximum atomic E-state index is 9.62. The molecule has 4 nitrogen and oxygen atoms in total. The van der Waals surface area contributed by atoms with E-state index in [9.17, 15) is 10.2 Å². The van der Waals surface area contributed by atoms with E-state index in [1.54, 1.807) is 18.5 Å². The molecule has 0 radical (unpaired) electrons. The summed E-state index contributed by atoms with van der Waals surface area (Å²) in [4.78, 5) is 4.32. The first-order chi connectivity index (χ1) is 9.45. The summed E-state index contributed by atoms with van der Waals surface area (Å²) in [5, 5.41) is 19.2. The molecule has 3 rings (SSSR count). The van der Waals surface area contributed by atoms with E-state index >= 15 is 0 Å². The molecule has 0 atom stereocenters. The zero-order chi connectivity index (χ0) is 14.3. The van der Waals surface area contributed by atoms with Gasteiger partial charge in [0.2, 0.25) is 0 Å². The molecular formula is C15H13BrN2O2. The third-order valence-corrected chi connectivity index (χ3v) is 3.67. The monoisotopic (exact) mass is 332 g/mol. The third kappa shape index (κ3) is 2.35. The van der Waals surface area contributed by atoms with Gasteiger partial charge in [-0.3, -0.25) is 4.57 Å². The molecule has 2 N–H and O–H groups in total. The number of hydrogen-bond acceptors (Lipinski definition) is 3. The van der Waals surface area contributed by atoms with E-state index in [1.165, 1.54) is 6.92 Å². The largest absolute Gasteiger partial charge is 0.362 e. The summed E-state index contributed by atoms with van der Waals surface area (Å²) in [5.74, 6) is -1.85. The number of hydrogen-bond donors (Lipinski definition) is 2. The maximum Gasteiger partial charge on any atom is 0.186 e. The van der Waals surface area contributed by atoms with Crippen molar-refractivity contribution in [2.24, 2.45) is 0 Å². The Morgan fingerprint density at radius 3 is 2.65 bits per heavy atom. The molecule has 0 bridgehead atoms. The smallest absolute Gasteiger partial charge is 0.186 e. The molecule has 0 aliphatic heterocycles. The number of aliphatic hydroxyl groups is 2. The molecule has 5 heteroatoms. The van der Waals surface area contributed by atoms with Crippen molar-refractivity contribution < 1.29 is 10.2 Å². The van der Waals surface area contributed by atoms with Crippen molar-refractivity contribution in [1.29, 1.82) is 0 Å². The second-order valence-electron chi connectivity index (χ2n) is 4.82. The zero-order valence-electron chi connectivity index (χ0n) is 10.8. The quantitative estimate of drug-likeness (QED) is 0.709. The molecule has 0 amide bonds. The zero-order valence-corrected chi connectivity index (χ0v) is 12.4. The van der Waals surface area contributed by atoms with Crippen LogP contribution in [0.4, 0.5) is 0 Å². The van der Waals surface area contributed by atoms with Crippen LogP contribution in [0.5, 0.6) is 0 Å². The Labute approximate surface area is 124 Å². The van der Waals surface area contributed by atoms with Crippen molar-refractivity contribution >= 4 is 27.0 Å². The van der Waals surface area contributed by atoms with Gasteiger partial charge in [-0.25, -0.2) is 4.98 Å². The second-order valence-corrected chi connectivity index (χ2v) is 5.73. The molecule has 0 saturated heterocycles. The van der Waals surface area contributed by atoms with Crippen LogP contribution in [0.2, 0.25) is 0 Å². The van der Waals surface area contributed by atoms with Crippen molar-refractivity contribution in [3.8, 4) is 5.69 Å². The van der Waals surface area contributed by atoms with Crippen LogP contribution in [0.3, 0.4) is 0 Å². The highest BCUT2D eigenvalue weighted by atomic mass is 79.9. The minimum absolute atomic E-state index is 0.421. The first-order valence-corrected chi connectivity index (χ1v) is 6.93. The molecule has 0 aliphatic carbocycles. The minimum Gasteiger partial charge on any atom is -0.362 e. The van der Waals surface area contributed by atoms with Crippen molar-refractivity contribution in [3.05, 3.63) is 58.8 Å². The number of imidazole rings is 1. The highest BCUT2D eigenvalue weighted by Crippen LogP contribution is 2.25. The first-order valence-electron chi connectivity index (χ1n) is 6.13. The van der Waals surface area contributed by atoms with Gasteiger partial charge in [0.1, 0.15) is 6.33 Å². The predicted octanol–water partition coefficient (Wildman–Crippen LogP) is 2.95. The fraction of sp³-hybridized carbons (Fsp3) is 0.133. The van der Waals surface area contributed by atoms with Gasteiger partial charge in [-0.2, -0.15) is 0 Å². The van der Waals surface area contributed by atoms with Gasteiger partial charge in [-0.15, -0.1) is 0 Å². The Morgan fingerprint density at radius 1 is 1.15 bits per heavy atom. The molecule has 2 aromatic carbocycles. The van der Waals surface area contributed by atoms with Gasteiger partial charge in [0.25, 0.3) is 0 Å². The molecule has 0 aliphatic rings. The Hall–Kier alpha value is -1.69. The lowest BCUT2D eigenvalue weighted by Gasteiger charge is -2.16. The summed E-state index contributed by atoms with van der Waals surface area (Å²) in [7, 11) is 0. The van der Waals surface area contributed by atoms with Crippen LogP contribution in [-0.4, -0.2) is 19.8 Å². The van der Waals surface area contributed by atoms with E-state index in [1.807, 2.05) is 34.9 Å². The van der Waals surface area contributed by atoms with Crippen LogP contribution < -0.4 is 0 Å². The Morgan fingerprint density at radius 2 is 1.95 bits per heavy atom. The predicted molar refractivity (Wildman–Crippen MR) is 80.6 cm³/mol. The van der Waals surface area contributed by atoms with Crippen molar-refractivity contribution in [2.45, 2.75) is 12.7 Å². The van der Waals surface area contributed by atoms with Gasteiger partial charge >= 0.3 is 0 Å². The van der Waals surface area contributed by atoms with Crippen LogP contribution in [0.25, 0.3) is 16.7 Å². The van der Waals surface area contributed by atoms with E-state index in [0.717, 1.165) is 21.2 Å². The van der Waals surface area contributed by atoms with Gasteiger partial charge in [-0.1, -0.05) is 28.1 Å². The van der Waals surface area contributed by atoms with Crippen molar-refractivity contribution in [2.75, 3.05) is 0 Å². The van der Waals surface area contributed by atoms with E-state index in [4.69, 9.17) is 0 Å². The third-order valence-electron chi connectivity index (χ3n) is 3.18. The molecule has 3 aromatic rings.